The highest BCUT2D eigenvalue weighted by molar-refractivity contribution is 6.00. The van der Waals surface area contributed by atoms with E-state index in [1.54, 1.807) is 42.0 Å². The Hall–Kier alpha value is -3.89. The van der Waals surface area contributed by atoms with Crippen LogP contribution in [0.3, 0.4) is 0 Å². The van der Waals surface area contributed by atoms with Crippen molar-refractivity contribution in [3.63, 3.8) is 0 Å². The highest BCUT2D eigenvalue weighted by Crippen LogP contribution is 2.35. The summed E-state index contributed by atoms with van der Waals surface area (Å²) >= 11 is 0. The second-order valence-electron chi connectivity index (χ2n) is 6.39. The van der Waals surface area contributed by atoms with E-state index in [4.69, 9.17) is 4.74 Å². The first kappa shape index (κ1) is 21.8. The lowest BCUT2D eigenvalue weighted by atomic mass is 10.1. The molecule has 31 heavy (non-hydrogen) atoms. The first-order chi connectivity index (χ1) is 14.7. The number of rotatable bonds is 7. The summed E-state index contributed by atoms with van der Waals surface area (Å²) in [7, 11) is 0. The fraction of sp³-hybridized carbons (Fsp3) is 0.200. The van der Waals surface area contributed by atoms with Crippen molar-refractivity contribution in [3.05, 3.63) is 69.9 Å². The molecule has 0 bridgehead atoms. The van der Waals surface area contributed by atoms with Crippen LogP contribution in [0.1, 0.15) is 18.1 Å². The van der Waals surface area contributed by atoms with E-state index < -0.39 is 28.3 Å². The zero-order valence-corrected chi connectivity index (χ0v) is 16.2. The number of nitrogens with zero attached hydrogens (tertiary/aromatic N) is 3. The van der Waals surface area contributed by atoms with Gasteiger partial charge in [-0.05, 0) is 25.1 Å². The molecule has 0 unspecified atom stereocenters. The van der Waals surface area contributed by atoms with Crippen LogP contribution < -0.4 is 5.43 Å². The molecule has 0 aliphatic rings. The lowest BCUT2D eigenvalue weighted by molar-refractivity contribution is -0.384. The highest BCUT2D eigenvalue weighted by atomic mass is 19.4. The number of hydrogen-bond acceptors (Lipinski definition) is 6. The largest absolute Gasteiger partial charge is 0.465 e. The second kappa shape index (κ2) is 8.86. The van der Waals surface area contributed by atoms with Crippen molar-refractivity contribution in [2.75, 3.05) is 12.0 Å². The van der Waals surface area contributed by atoms with Crippen molar-refractivity contribution in [3.8, 4) is 0 Å². The molecule has 3 aromatic rings. The minimum atomic E-state index is -4.70. The number of fused-ring (bicyclic) bond motifs is 1. The SMILES string of the molecule is CCOC(=O)Cn1cc(/C=N\Nc2ccc(C(F)(F)F)cc2[N+](=O)[O-])c2ccccc21. The third-order valence-electron chi connectivity index (χ3n) is 4.33. The number of carbonyl (C=O) groups excluding carboxylic acids is 1. The molecule has 1 N–H and O–H groups in total. The molecule has 0 amide bonds. The van der Waals surface area contributed by atoms with Gasteiger partial charge in [-0.2, -0.15) is 18.3 Å². The lowest BCUT2D eigenvalue weighted by Gasteiger charge is -2.08. The van der Waals surface area contributed by atoms with Crippen LogP contribution in [-0.4, -0.2) is 28.3 Å². The second-order valence-corrected chi connectivity index (χ2v) is 6.39. The monoisotopic (exact) mass is 434 g/mol. The quantitative estimate of drug-likeness (QED) is 0.254. The van der Waals surface area contributed by atoms with E-state index >= 15 is 0 Å². The molecule has 2 aromatic carbocycles. The van der Waals surface area contributed by atoms with E-state index in [1.165, 1.54) is 6.21 Å². The topological polar surface area (TPSA) is 98.8 Å². The fourth-order valence-corrected chi connectivity index (χ4v) is 2.98. The van der Waals surface area contributed by atoms with Gasteiger partial charge in [-0.15, -0.1) is 0 Å². The molecular formula is C20H17F3N4O4. The van der Waals surface area contributed by atoms with E-state index in [9.17, 15) is 28.1 Å². The van der Waals surface area contributed by atoms with Crippen molar-refractivity contribution in [2.45, 2.75) is 19.6 Å². The van der Waals surface area contributed by atoms with Crippen LogP contribution in [0, 0.1) is 10.1 Å². The highest BCUT2D eigenvalue weighted by Gasteiger charge is 2.33. The number of anilines is 1. The maximum absolute atomic E-state index is 12.8. The smallest absolute Gasteiger partial charge is 0.416 e. The summed E-state index contributed by atoms with van der Waals surface area (Å²) in [6.07, 6.45) is -1.67. The molecule has 0 aliphatic heterocycles. The summed E-state index contributed by atoms with van der Waals surface area (Å²) < 4.78 is 45.1. The van der Waals surface area contributed by atoms with Crippen LogP contribution in [0.2, 0.25) is 0 Å². The molecule has 0 atom stereocenters. The first-order valence-electron chi connectivity index (χ1n) is 9.09. The van der Waals surface area contributed by atoms with Crippen LogP contribution in [-0.2, 0) is 22.3 Å². The van der Waals surface area contributed by atoms with Crippen molar-refractivity contribution in [1.29, 1.82) is 0 Å². The third-order valence-corrected chi connectivity index (χ3v) is 4.33. The maximum atomic E-state index is 12.8. The maximum Gasteiger partial charge on any atom is 0.416 e. The van der Waals surface area contributed by atoms with Crippen molar-refractivity contribution in [2.24, 2.45) is 5.10 Å². The average molecular weight is 434 g/mol. The van der Waals surface area contributed by atoms with E-state index in [1.807, 2.05) is 0 Å². The molecule has 0 saturated heterocycles. The summed E-state index contributed by atoms with van der Waals surface area (Å²) in [6, 6.07) is 9.33. The molecule has 1 heterocycles. The van der Waals surface area contributed by atoms with Gasteiger partial charge in [-0.25, -0.2) is 0 Å². The van der Waals surface area contributed by atoms with Gasteiger partial charge >= 0.3 is 12.1 Å². The van der Waals surface area contributed by atoms with E-state index in [-0.39, 0.29) is 18.8 Å². The van der Waals surface area contributed by atoms with Gasteiger partial charge < -0.3 is 9.30 Å². The molecule has 3 rings (SSSR count). The Balaban J connectivity index is 1.88. The molecular weight excluding hydrogens is 417 g/mol. The molecule has 0 radical (unpaired) electrons. The van der Waals surface area contributed by atoms with Gasteiger partial charge in [0.25, 0.3) is 5.69 Å². The minimum Gasteiger partial charge on any atom is -0.465 e. The predicted molar refractivity (Wildman–Crippen MR) is 108 cm³/mol. The summed E-state index contributed by atoms with van der Waals surface area (Å²) in [5.74, 6) is -0.412. The summed E-state index contributed by atoms with van der Waals surface area (Å²) in [5, 5.41) is 15.9. The van der Waals surface area contributed by atoms with Crippen molar-refractivity contribution < 1.29 is 27.6 Å². The van der Waals surface area contributed by atoms with Gasteiger partial charge in [0, 0.05) is 28.7 Å². The Morgan fingerprint density at radius 3 is 2.71 bits per heavy atom. The molecule has 8 nitrogen and oxygen atoms in total. The predicted octanol–water partition coefficient (Wildman–Crippen LogP) is 4.58. The molecule has 0 fully saturated rings. The van der Waals surface area contributed by atoms with Crippen LogP contribution in [0.25, 0.3) is 10.9 Å². The number of nitro benzene ring substituents is 1. The zero-order chi connectivity index (χ0) is 22.6. The van der Waals surface area contributed by atoms with Crippen LogP contribution >= 0.6 is 0 Å². The summed E-state index contributed by atoms with van der Waals surface area (Å²) in [5.41, 5.74) is 1.69. The van der Waals surface area contributed by atoms with Gasteiger partial charge in [0.05, 0.1) is 23.3 Å². The van der Waals surface area contributed by atoms with Gasteiger partial charge in [0.2, 0.25) is 0 Å². The Bertz CT molecular complexity index is 1160. The normalized spacial score (nSPS) is 11.7. The minimum absolute atomic E-state index is 0.0139. The lowest BCUT2D eigenvalue weighted by Crippen LogP contribution is -2.12. The Morgan fingerprint density at radius 2 is 2.03 bits per heavy atom. The van der Waals surface area contributed by atoms with Crippen LogP contribution in [0.4, 0.5) is 24.5 Å². The molecule has 0 saturated carbocycles. The van der Waals surface area contributed by atoms with Crippen molar-refractivity contribution >= 4 is 34.5 Å². The Labute approximate surface area is 174 Å². The number of halogens is 3. The molecule has 11 heteroatoms. The molecule has 0 spiro atoms. The number of aromatic nitrogens is 1. The van der Waals surface area contributed by atoms with E-state index in [0.717, 1.165) is 23.0 Å². The molecule has 162 valence electrons. The van der Waals surface area contributed by atoms with Gasteiger partial charge in [0.1, 0.15) is 12.2 Å². The first-order valence-corrected chi connectivity index (χ1v) is 9.09. The van der Waals surface area contributed by atoms with Gasteiger partial charge in [-0.3, -0.25) is 20.3 Å². The third kappa shape index (κ3) is 5.00. The van der Waals surface area contributed by atoms with Crippen LogP contribution in [0.15, 0.2) is 53.8 Å². The summed E-state index contributed by atoms with van der Waals surface area (Å²) in [4.78, 5) is 22.1. The number of hydrogen-bond donors (Lipinski definition) is 1. The number of carbonyl (C=O) groups is 1. The Kier molecular flexibility index (Phi) is 6.23. The molecule has 1 aromatic heterocycles. The number of para-hydroxylation sites is 1. The van der Waals surface area contributed by atoms with E-state index in [2.05, 4.69) is 10.5 Å². The molecule has 0 aliphatic carbocycles. The fourth-order valence-electron chi connectivity index (χ4n) is 2.98. The van der Waals surface area contributed by atoms with Crippen molar-refractivity contribution in [1.82, 2.24) is 4.57 Å². The zero-order valence-electron chi connectivity index (χ0n) is 16.2. The average Bonchev–Trinajstić information content (AvgIpc) is 3.05. The summed E-state index contributed by atoms with van der Waals surface area (Å²) in [6.45, 7) is 1.94. The number of esters is 1. The van der Waals surface area contributed by atoms with E-state index in [0.29, 0.717) is 11.6 Å². The van der Waals surface area contributed by atoms with Crippen LogP contribution in [0.5, 0.6) is 0 Å². The number of nitro groups is 1. The number of hydrazone groups is 1. The number of benzene rings is 2. The number of alkyl halides is 3. The Morgan fingerprint density at radius 1 is 1.29 bits per heavy atom. The van der Waals surface area contributed by atoms with Gasteiger partial charge in [0.15, 0.2) is 0 Å². The standard InChI is InChI=1S/C20H17F3N4O4/c1-2-31-19(28)12-26-11-13(15-5-3-4-6-17(15)26)10-24-25-16-8-7-14(20(21,22)23)9-18(16)27(29)30/h3-11,25H,2,12H2,1H3/b24-10-. The van der Waals surface area contributed by atoms with Gasteiger partial charge in [-0.1, -0.05) is 18.2 Å². The number of nitrogens with one attached hydrogen (secondary N) is 1. The number of ether oxygens (including phenoxy) is 1.